The van der Waals surface area contributed by atoms with Gasteiger partial charge in [0.1, 0.15) is 0 Å². The lowest BCUT2D eigenvalue weighted by Crippen LogP contribution is -2.19. The molecule has 0 aliphatic heterocycles. The van der Waals surface area contributed by atoms with E-state index in [1.54, 1.807) is 12.4 Å². The van der Waals surface area contributed by atoms with E-state index in [2.05, 4.69) is 20.6 Å². The number of aromatic nitrogens is 2. The fourth-order valence-electron chi connectivity index (χ4n) is 2.73. The molecule has 0 saturated carbocycles. The number of halogens is 1. The van der Waals surface area contributed by atoms with E-state index in [1.807, 2.05) is 54.6 Å². The molecule has 4 rings (SSSR count). The number of nitrogens with one attached hydrogen (secondary N) is 2. The van der Waals surface area contributed by atoms with Crippen LogP contribution in [0.5, 0.6) is 0 Å². The van der Waals surface area contributed by atoms with Gasteiger partial charge in [-0.25, -0.2) is 0 Å². The summed E-state index contributed by atoms with van der Waals surface area (Å²) in [6.45, 7) is 0. The zero-order valence-electron chi connectivity index (χ0n) is 13.0. The summed E-state index contributed by atoms with van der Waals surface area (Å²) < 4.78 is 0. The lowest BCUT2D eigenvalue weighted by atomic mass is 10.1. The van der Waals surface area contributed by atoms with Gasteiger partial charge in [0.25, 0.3) is 0 Å². The predicted octanol–water partition coefficient (Wildman–Crippen LogP) is 5.25. The topological polar surface area (TPSA) is 49.8 Å². The summed E-state index contributed by atoms with van der Waals surface area (Å²) >= 11 is 11.6. The fourth-order valence-corrected chi connectivity index (χ4v) is 3.13. The molecule has 122 valence electrons. The summed E-state index contributed by atoms with van der Waals surface area (Å²) in [7, 11) is 0. The molecule has 2 N–H and O–H groups in total. The van der Waals surface area contributed by atoms with Gasteiger partial charge in [0.15, 0.2) is 5.11 Å². The Balaban J connectivity index is 1.73. The molecule has 0 unspecified atom stereocenters. The van der Waals surface area contributed by atoms with E-state index in [0.29, 0.717) is 10.1 Å². The maximum Gasteiger partial charge on any atom is 0.175 e. The van der Waals surface area contributed by atoms with Crippen molar-refractivity contribution in [3.63, 3.8) is 0 Å². The number of hydrogen-bond acceptors (Lipinski definition) is 3. The van der Waals surface area contributed by atoms with Crippen molar-refractivity contribution in [3.8, 4) is 0 Å². The van der Waals surface area contributed by atoms with E-state index < -0.39 is 0 Å². The lowest BCUT2D eigenvalue weighted by molar-refractivity contribution is 1.39. The molecule has 4 aromatic rings. The molecule has 0 amide bonds. The highest BCUT2D eigenvalue weighted by Gasteiger charge is 2.10. The lowest BCUT2D eigenvalue weighted by Gasteiger charge is -2.14. The smallest absolute Gasteiger partial charge is 0.175 e. The molecule has 2 heterocycles. The van der Waals surface area contributed by atoms with Crippen molar-refractivity contribution >= 4 is 62.1 Å². The monoisotopic (exact) mass is 364 g/mol. The van der Waals surface area contributed by atoms with E-state index in [9.17, 15) is 0 Å². The van der Waals surface area contributed by atoms with Gasteiger partial charge >= 0.3 is 0 Å². The standard InChI is InChI=1S/C19H13ClN4S/c20-14-7-1-2-8-15(14)23-19(25)24-16-11-12-5-3-9-21-17(12)13-6-4-10-22-18(13)16/h1-11H,(H2,23,24,25). The normalized spacial score (nSPS) is 10.8. The molecule has 0 saturated heterocycles. The first kappa shape index (κ1) is 15.7. The fraction of sp³-hybridized carbons (Fsp3) is 0. The minimum Gasteiger partial charge on any atom is -0.331 e. The van der Waals surface area contributed by atoms with Crippen LogP contribution in [0.2, 0.25) is 5.02 Å². The number of hydrogen-bond donors (Lipinski definition) is 2. The molecule has 0 aliphatic carbocycles. The van der Waals surface area contributed by atoms with Crippen LogP contribution in [-0.4, -0.2) is 15.1 Å². The first-order chi connectivity index (χ1) is 12.2. The third-order valence-electron chi connectivity index (χ3n) is 3.83. The van der Waals surface area contributed by atoms with Gasteiger partial charge in [-0.15, -0.1) is 0 Å². The van der Waals surface area contributed by atoms with Gasteiger partial charge in [-0.2, -0.15) is 0 Å². The second-order valence-corrected chi connectivity index (χ2v) is 6.27. The molecule has 0 spiro atoms. The molecule has 4 nitrogen and oxygen atoms in total. The van der Waals surface area contributed by atoms with E-state index in [1.165, 1.54) is 0 Å². The van der Waals surface area contributed by atoms with Crippen LogP contribution in [0, 0.1) is 0 Å². The molecular formula is C19H13ClN4S. The van der Waals surface area contributed by atoms with Crippen LogP contribution in [0.15, 0.2) is 67.0 Å². The Morgan fingerprint density at radius 3 is 2.40 bits per heavy atom. The molecular weight excluding hydrogens is 352 g/mol. The number of para-hydroxylation sites is 1. The number of fused-ring (bicyclic) bond motifs is 3. The highest BCUT2D eigenvalue weighted by Crippen LogP contribution is 2.29. The Bertz CT molecular complexity index is 1100. The van der Waals surface area contributed by atoms with Crippen LogP contribution in [0.25, 0.3) is 21.8 Å². The Morgan fingerprint density at radius 2 is 1.56 bits per heavy atom. The van der Waals surface area contributed by atoms with Crippen LogP contribution in [0.4, 0.5) is 11.4 Å². The predicted molar refractivity (Wildman–Crippen MR) is 108 cm³/mol. The number of rotatable bonds is 2. The van der Waals surface area contributed by atoms with Crippen LogP contribution in [0.1, 0.15) is 0 Å². The summed E-state index contributed by atoms with van der Waals surface area (Å²) in [5.41, 5.74) is 3.31. The zero-order chi connectivity index (χ0) is 17.2. The van der Waals surface area contributed by atoms with Gasteiger partial charge in [-0.3, -0.25) is 9.97 Å². The Labute approximate surface area is 154 Å². The van der Waals surface area contributed by atoms with Crippen molar-refractivity contribution < 1.29 is 0 Å². The Kier molecular flexibility index (Phi) is 4.17. The molecule has 0 aliphatic rings. The Morgan fingerprint density at radius 1 is 0.840 bits per heavy atom. The highest BCUT2D eigenvalue weighted by atomic mass is 35.5. The summed E-state index contributed by atoms with van der Waals surface area (Å²) in [4.78, 5) is 8.97. The van der Waals surface area contributed by atoms with Crippen molar-refractivity contribution in [2.24, 2.45) is 0 Å². The molecule has 0 radical (unpaired) electrons. The maximum atomic E-state index is 6.17. The van der Waals surface area contributed by atoms with Gasteiger partial charge < -0.3 is 10.6 Å². The highest BCUT2D eigenvalue weighted by molar-refractivity contribution is 7.80. The van der Waals surface area contributed by atoms with Gasteiger partial charge in [0.2, 0.25) is 0 Å². The van der Waals surface area contributed by atoms with Crippen molar-refractivity contribution in [1.29, 1.82) is 0 Å². The molecule has 2 aromatic carbocycles. The SMILES string of the molecule is S=C(Nc1ccccc1Cl)Nc1cc2cccnc2c2cccnc12. The third kappa shape index (κ3) is 3.12. The number of thiocarbonyl (C=S) groups is 1. The minimum atomic E-state index is 0.447. The van der Waals surface area contributed by atoms with Crippen molar-refractivity contribution in [2.45, 2.75) is 0 Å². The second kappa shape index (κ2) is 6.63. The Hall–Kier alpha value is -2.76. The molecule has 6 heteroatoms. The van der Waals surface area contributed by atoms with Crippen LogP contribution in [-0.2, 0) is 0 Å². The number of nitrogens with zero attached hydrogens (tertiary/aromatic N) is 2. The van der Waals surface area contributed by atoms with E-state index in [4.69, 9.17) is 23.8 Å². The molecule has 2 aromatic heterocycles. The van der Waals surface area contributed by atoms with Crippen molar-refractivity contribution in [3.05, 3.63) is 72.0 Å². The summed E-state index contributed by atoms with van der Waals surface area (Å²) in [5, 5.41) is 9.39. The maximum absolute atomic E-state index is 6.17. The molecule has 0 bridgehead atoms. The number of anilines is 2. The minimum absolute atomic E-state index is 0.447. The second-order valence-electron chi connectivity index (χ2n) is 5.46. The summed E-state index contributed by atoms with van der Waals surface area (Å²) in [6.07, 6.45) is 3.54. The van der Waals surface area contributed by atoms with Crippen molar-refractivity contribution in [1.82, 2.24) is 9.97 Å². The van der Waals surface area contributed by atoms with E-state index in [-0.39, 0.29) is 0 Å². The van der Waals surface area contributed by atoms with E-state index >= 15 is 0 Å². The third-order valence-corrected chi connectivity index (χ3v) is 4.36. The van der Waals surface area contributed by atoms with Gasteiger partial charge in [0.05, 0.1) is 27.4 Å². The van der Waals surface area contributed by atoms with Crippen LogP contribution < -0.4 is 10.6 Å². The molecule has 25 heavy (non-hydrogen) atoms. The molecule has 0 fully saturated rings. The van der Waals surface area contributed by atoms with Crippen LogP contribution in [0.3, 0.4) is 0 Å². The number of pyridine rings is 2. The summed E-state index contributed by atoms with van der Waals surface area (Å²) in [6, 6.07) is 17.3. The largest absolute Gasteiger partial charge is 0.331 e. The summed E-state index contributed by atoms with van der Waals surface area (Å²) in [5.74, 6) is 0. The quantitative estimate of drug-likeness (QED) is 0.376. The zero-order valence-corrected chi connectivity index (χ0v) is 14.6. The van der Waals surface area contributed by atoms with Crippen LogP contribution >= 0.6 is 23.8 Å². The average Bonchev–Trinajstić information content (AvgIpc) is 2.64. The van der Waals surface area contributed by atoms with E-state index in [0.717, 1.165) is 33.2 Å². The first-order valence-corrected chi connectivity index (χ1v) is 8.46. The van der Waals surface area contributed by atoms with Gasteiger partial charge in [-0.05, 0) is 48.6 Å². The van der Waals surface area contributed by atoms with Crippen molar-refractivity contribution in [2.75, 3.05) is 10.6 Å². The average molecular weight is 365 g/mol. The number of benzene rings is 2. The first-order valence-electron chi connectivity index (χ1n) is 7.67. The van der Waals surface area contributed by atoms with Gasteiger partial charge in [-0.1, -0.05) is 29.8 Å². The van der Waals surface area contributed by atoms with Gasteiger partial charge in [0, 0.05) is 23.2 Å². The molecule has 0 atom stereocenters.